The molecular weight excluding hydrogens is 312 g/mol. The Morgan fingerprint density at radius 2 is 2.20 bits per heavy atom. The molecule has 3 heterocycles. The van der Waals surface area contributed by atoms with Crippen molar-refractivity contribution >= 4 is 22.6 Å². The number of esters is 1. The van der Waals surface area contributed by atoms with Gasteiger partial charge in [-0.05, 0) is 24.5 Å². The summed E-state index contributed by atoms with van der Waals surface area (Å²) in [4.78, 5) is 15.9. The maximum Gasteiger partial charge on any atom is 0.333 e. The Labute approximate surface area is 147 Å². The van der Waals surface area contributed by atoms with E-state index in [-0.39, 0.29) is 5.97 Å². The second kappa shape index (κ2) is 5.58. The van der Waals surface area contributed by atoms with E-state index in [0.717, 1.165) is 37.9 Å². The minimum absolute atomic E-state index is 0.142. The summed E-state index contributed by atoms with van der Waals surface area (Å²) in [6.07, 6.45) is 6.31. The van der Waals surface area contributed by atoms with E-state index in [1.807, 2.05) is 0 Å². The number of nitrogens with zero attached hydrogens (tertiary/aromatic N) is 1. The van der Waals surface area contributed by atoms with E-state index >= 15 is 0 Å². The molecule has 0 fully saturated rings. The Morgan fingerprint density at radius 1 is 1.32 bits per heavy atom. The third-order valence-electron chi connectivity index (χ3n) is 6.28. The number of hydrogen-bond donors (Lipinski definition) is 1. The van der Waals surface area contributed by atoms with Gasteiger partial charge < -0.3 is 9.72 Å². The predicted molar refractivity (Wildman–Crippen MR) is 97.0 cm³/mol. The quantitative estimate of drug-likeness (QED) is 0.643. The molecule has 0 unspecified atom stereocenters. The lowest BCUT2D eigenvalue weighted by Crippen LogP contribution is -2.44. The van der Waals surface area contributed by atoms with Gasteiger partial charge in [-0.1, -0.05) is 24.3 Å². The molecule has 1 aliphatic carbocycles. The normalized spacial score (nSPS) is 25.1. The third kappa shape index (κ3) is 2.20. The molecule has 2 aromatic rings. The highest BCUT2D eigenvalue weighted by Crippen LogP contribution is 2.39. The second-order valence-electron chi connectivity index (χ2n) is 7.47. The number of aromatic nitrogens is 1. The highest BCUT2D eigenvalue weighted by atomic mass is 16.5. The summed E-state index contributed by atoms with van der Waals surface area (Å²) in [5.41, 5.74) is 6.24. The minimum atomic E-state index is -0.142. The van der Waals surface area contributed by atoms with Crippen LogP contribution in [0.2, 0.25) is 0 Å². The van der Waals surface area contributed by atoms with Gasteiger partial charge in [0.05, 0.1) is 7.11 Å². The van der Waals surface area contributed by atoms with Gasteiger partial charge >= 0.3 is 5.97 Å². The average molecular weight is 335 g/mol. The van der Waals surface area contributed by atoms with Crippen LogP contribution in [-0.4, -0.2) is 41.4 Å². The number of carbonyl (C=O) groups excluding carboxylic acids is 1. The number of aromatic amines is 1. The smallest absolute Gasteiger partial charge is 0.333 e. The number of rotatable bonds is 1. The molecule has 0 radical (unpaired) electrons. The van der Waals surface area contributed by atoms with Crippen molar-refractivity contribution in [2.24, 2.45) is 11.8 Å². The van der Waals surface area contributed by atoms with Gasteiger partial charge in [-0.2, -0.15) is 0 Å². The van der Waals surface area contributed by atoms with Crippen LogP contribution in [-0.2, 0) is 16.0 Å². The number of allylic oxidation sites excluding steroid dienone is 1. The largest absolute Gasteiger partial charge is 0.466 e. The summed E-state index contributed by atoms with van der Waals surface area (Å²) >= 11 is 0. The van der Waals surface area contributed by atoms with Gasteiger partial charge in [0, 0.05) is 41.2 Å². The van der Waals surface area contributed by atoms with Crippen molar-refractivity contribution in [3.8, 4) is 0 Å². The molecule has 0 saturated carbocycles. The fourth-order valence-corrected chi connectivity index (χ4v) is 5.08. The minimum Gasteiger partial charge on any atom is -0.466 e. The molecule has 3 aliphatic rings. The lowest BCUT2D eigenvalue weighted by atomic mass is 9.72. The standard InChI is InChI=1S/C21H22N2O2/c1-25-21(24)16-7-4-5-13-12-23-10-9-15-14-6-2-3-8-18(14)22-20(15)19(23)11-17(13)16/h2-3,6-8,13,17H,4-5,9-12H2,1H3/p+1/t13-,17-/m0/s1. The number of fused-ring (bicyclic) bond motifs is 5. The van der Waals surface area contributed by atoms with Crippen LogP contribution in [0.15, 0.2) is 35.9 Å². The first kappa shape index (κ1) is 14.9. The number of hydrogen-bond acceptors (Lipinski definition) is 2. The number of carbonyl (C=O) groups is 1. The van der Waals surface area contributed by atoms with Crippen molar-refractivity contribution < 1.29 is 14.1 Å². The van der Waals surface area contributed by atoms with Gasteiger partial charge in [-0.3, -0.25) is 0 Å². The molecule has 0 amide bonds. The zero-order valence-corrected chi connectivity index (χ0v) is 14.5. The first-order valence-electron chi connectivity index (χ1n) is 9.25. The number of nitrogens with one attached hydrogen (secondary N) is 1. The molecule has 4 nitrogen and oxygen atoms in total. The van der Waals surface area contributed by atoms with E-state index in [0.29, 0.717) is 11.8 Å². The molecule has 0 saturated heterocycles. The lowest BCUT2D eigenvalue weighted by Gasteiger charge is -2.35. The van der Waals surface area contributed by atoms with Crippen LogP contribution in [0.5, 0.6) is 0 Å². The van der Waals surface area contributed by atoms with Crippen LogP contribution in [0.4, 0.5) is 0 Å². The zero-order valence-electron chi connectivity index (χ0n) is 14.5. The van der Waals surface area contributed by atoms with E-state index < -0.39 is 0 Å². The highest BCUT2D eigenvalue weighted by Gasteiger charge is 2.43. The summed E-state index contributed by atoms with van der Waals surface area (Å²) in [5, 5.41) is 1.35. The number of benzene rings is 1. The fraction of sp³-hybridized carbons (Fsp3) is 0.429. The van der Waals surface area contributed by atoms with E-state index in [1.165, 1.54) is 41.4 Å². The van der Waals surface area contributed by atoms with Crippen LogP contribution >= 0.6 is 0 Å². The second-order valence-corrected chi connectivity index (χ2v) is 7.47. The predicted octanol–water partition coefficient (Wildman–Crippen LogP) is 3.05. The maximum absolute atomic E-state index is 12.2. The highest BCUT2D eigenvalue weighted by molar-refractivity contribution is 6.04. The average Bonchev–Trinajstić information content (AvgIpc) is 3.04. The Hall–Kier alpha value is -2.36. The molecule has 128 valence electrons. The first-order valence-corrected chi connectivity index (χ1v) is 9.25. The Kier molecular flexibility index (Phi) is 3.34. The molecule has 5 rings (SSSR count). The van der Waals surface area contributed by atoms with E-state index in [2.05, 4.69) is 39.9 Å². The van der Waals surface area contributed by atoms with Gasteiger partial charge in [0.2, 0.25) is 5.71 Å². The molecular formula is C21H23N2O2+. The maximum atomic E-state index is 12.2. The Bertz CT molecular complexity index is 935. The van der Waals surface area contributed by atoms with Gasteiger partial charge in [0.25, 0.3) is 0 Å². The zero-order chi connectivity index (χ0) is 17.0. The van der Waals surface area contributed by atoms with Gasteiger partial charge in [0.15, 0.2) is 0 Å². The van der Waals surface area contributed by atoms with Crippen LogP contribution in [0.25, 0.3) is 10.9 Å². The molecule has 0 spiro atoms. The van der Waals surface area contributed by atoms with Crippen molar-refractivity contribution in [1.82, 2.24) is 4.98 Å². The molecule has 2 aliphatic heterocycles. The van der Waals surface area contributed by atoms with Crippen LogP contribution in [0, 0.1) is 11.8 Å². The molecule has 1 aromatic carbocycles. The fourth-order valence-electron chi connectivity index (χ4n) is 5.08. The number of methoxy groups -OCH3 is 1. The van der Waals surface area contributed by atoms with Crippen molar-refractivity contribution in [2.75, 3.05) is 20.2 Å². The molecule has 1 N–H and O–H groups in total. The van der Waals surface area contributed by atoms with Crippen molar-refractivity contribution in [3.63, 3.8) is 0 Å². The van der Waals surface area contributed by atoms with E-state index in [4.69, 9.17) is 4.74 Å². The summed E-state index contributed by atoms with van der Waals surface area (Å²) in [7, 11) is 1.49. The van der Waals surface area contributed by atoms with Crippen molar-refractivity contribution in [3.05, 3.63) is 47.2 Å². The van der Waals surface area contributed by atoms with Crippen molar-refractivity contribution in [2.45, 2.75) is 25.7 Å². The number of ether oxygens (including phenoxy) is 1. The number of H-pyrrole nitrogens is 1. The van der Waals surface area contributed by atoms with E-state index in [1.54, 1.807) is 0 Å². The third-order valence-corrected chi connectivity index (χ3v) is 6.28. The topological polar surface area (TPSA) is 45.1 Å². The van der Waals surface area contributed by atoms with E-state index in [9.17, 15) is 4.79 Å². The summed E-state index contributed by atoms with van der Waals surface area (Å²) in [6.45, 7) is 2.15. The SMILES string of the molecule is COC(=O)C1=CCC[C@H]2C[N+]3=C(C[C@H]12)c1[nH]c2ccccc2c1CC3. The summed E-state index contributed by atoms with van der Waals surface area (Å²) < 4.78 is 7.61. The van der Waals surface area contributed by atoms with Gasteiger partial charge in [-0.15, -0.1) is 0 Å². The van der Waals surface area contributed by atoms with Crippen LogP contribution in [0.1, 0.15) is 30.5 Å². The summed E-state index contributed by atoms with van der Waals surface area (Å²) in [6, 6.07) is 8.57. The molecule has 2 atom stereocenters. The lowest BCUT2D eigenvalue weighted by molar-refractivity contribution is -0.543. The molecule has 0 bridgehead atoms. The molecule has 25 heavy (non-hydrogen) atoms. The molecule has 1 aromatic heterocycles. The number of para-hydroxylation sites is 1. The Balaban J connectivity index is 1.59. The van der Waals surface area contributed by atoms with Gasteiger partial charge in [-0.25, -0.2) is 9.37 Å². The van der Waals surface area contributed by atoms with Gasteiger partial charge in [0.1, 0.15) is 18.8 Å². The van der Waals surface area contributed by atoms with Crippen molar-refractivity contribution in [1.29, 1.82) is 0 Å². The van der Waals surface area contributed by atoms with Crippen LogP contribution in [0.3, 0.4) is 0 Å². The summed E-state index contributed by atoms with van der Waals surface area (Å²) in [5.74, 6) is 0.718. The Morgan fingerprint density at radius 3 is 3.08 bits per heavy atom. The molecule has 4 heteroatoms. The monoisotopic (exact) mass is 335 g/mol. The van der Waals surface area contributed by atoms with Crippen LogP contribution < -0.4 is 0 Å². The first-order chi connectivity index (χ1) is 12.3.